The smallest absolute Gasteiger partial charge is 0.165 e. The van der Waals surface area contributed by atoms with Crippen molar-refractivity contribution in [2.24, 2.45) is 0 Å². The van der Waals surface area contributed by atoms with E-state index < -0.39 is 0 Å². The van der Waals surface area contributed by atoms with Gasteiger partial charge in [0.15, 0.2) is 11.6 Å². The van der Waals surface area contributed by atoms with E-state index >= 15 is 0 Å². The fourth-order valence-corrected chi connectivity index (χ4v) is 2.21. The summed E-state index contributed by atoms with van der Waals surface area (Å²) < 4.78 is 18.7. The van der Waals surface area contributed by atoms with Crippen LogP contribution in [0.15, 0.2) is 30.6 Å². The topological polar surface area (TPSA) is 49.9 Å². The van der Waals surface area contributed by atoms with E-state index in [-0.39, 0.29) is 23.7 Å². The molecular formula is C15H20FN3O. The van der Waals surface area contributed by atoms with E-state index in [0.29, 0.717) is 0 Å². The Morgan fingerprint density at radius 2 is 2.25 bits per heavy atom. The lowest BCUT2D eigenvalue weighted by Crippen LogP contribution is -2.25. The summed E-state index contributed by atoms with van der Waals surface area (Å²) in [7, 11) is 1.46. The number of nitrogens with zero attached hydrogens (tertiary/aromatic N) is 1. The summed E-state index contributed by atoms with van der Waals surface area (Å²) in [5.41, 5.74) is 0.883. The molecule has 108 valence electrons. The fourth-order valence-electron chi connectivity index (χ4n) is 2.21. The number of rotatable bonds is 6. The van der Waals surface area contributed by atoms with Crippen molar-refractivity contribution in [1.82, 2.24) is 15.3 Å². The molecule has 0 aliphatic carbocycles. The molecule has 0 amide bonds. The third kappa shape index (κ3) is 3.17. The molecule has 2 rings (SSSR count). The molecule has 1 heterocycles. The molecule has 0 radical (unpaired) electrons. The second-order valence-corrected chi connectivity index (χ2v) is 4.72. The largest absolute Gasteiger partial charge is 0.494 e. The molecule has 2 aromatic rings. The SMILES string of the molecule is CCC(NC(C)c1ccc(OC)c(F)c1)c1ncc[nH]1. The van der Waals surface area contributed by atoms with Crippen LogP contribution in [0.2, 0.25) is 0 Å². The molecule has 0 aliphatic heterocycles. The molecule has 5 heteroatoms. The average Bonchev–Trinajstić information content (AvgIpc) is 2.98. The number of hydrogen-bond donors (Lipinski definition) is 2. The minimum absolute atomic E-state index is 0.0189. The van der Waals surface area contributed by atoms with E-state index in [1.54, 1.807) is 18.5 Å². The maximum Gasteiger partial charge on any atom is 0.165 e. The molecule has 1 aromatic carbocycles. The van der Waals surface area contributed by atoms with E-state index in [1.165, 1.54) is 13.2 Å². The van der Waals surface area contributed by atoms with Crippen LogP contribution in [-0.4, -0.2) is 17.1 Å². The molecule has 2 N–H and O–H groups in total. The number of benzene rings is 1. The standard InChI is InChI=1S/C15H20FN3O/c1-4-13(15-17-7-8-18-15)19-10(2)11-5-6-14(20-3)12(16)9-11/h5-10,13,19H,4H2,1-3H3,(H,17,18). The first-order valence-corrected chi connectivity index (χ1v) is 6.74. The van der Waals surface area contributed by atoms with E-state index in [9.17, 15) is 4.39 Å². The van der Waals surface area contributed by atoms with Gasteiger partial charge in [0.1, 0.15) is 5.82 Å². The van der Waals surface area contributed by atoms with Crippen molar-refractivity contribution in [3.63, 3.8) is 0 Å². The van der Waals surface area contributed by atoms with Gasteiger partial charge in [-0.3, -0.25) is 0 Å². The van der Waals surface area contributed by atoms with Gasteiger partial charge in [-0.05, 0) is 31.0 Å². The van der Waals surface area contributed by atoms with Crippen molar-refractivity contribution in [3.8, 4) is 5.75 Å². The maximum atomic E-state index is 13.7. The van der Waals surface area contributed by atoms with Crippen molar-refractivity contribution in [1.29, 1.82) is 0 Å². The van der Waals surface area contributed by atoms with Gasteiger partial charge in [-0.2, -0.15) is 0 Å². The highest BCUT2D eigenvalue weighted by molar-refractivity contribution is 5.30. The van der Waals surface area contributed by atoms with E-state index in [1.807, 2.05) is 13.0 Å². The maximum absolute atomic E-state index is 13.7. The summed E-state index contributed by atoms with van der Waals surface area (Å²) >= 11 is 0. The number of ether oxygens (including phenoxy) is 1. The van der Waals surface area contributed by atoms with Gasteiger partial charge in [-0.1, -0.05) is 13.0 Å². The summed E-state index contributed by atoms with van der Waals surface area (Å²) in [6, 6.07) is 5.16. The normalized spacial score (nSPS) is 14.0. The highest BCUT2D eigenvalue weighted by Crippen LogP contribution is 2.24. The summed E-state index contributed by atoms with van der Waals surface area (Å²) in [6.07, 6.45) is 4.44. The van der Waals surface area contributed by atoms with Gasteiger partial charge in [0, 0.05) is 18.4 Å². The lowest BCUT2D eigenvalue weighted by atomic mass is 10.1. The van der Waals surface area contributed by atoms with Gasteiger partial charge in [-0.25, -0.2) is 9.37 Å². The molecule has 0 aliphatic rings. The number of aromatic nitrogens is 2. The lowest BCUT2D eigenvalue weighted by molar-refractivity contribution is 0.384. The predicted octanol–water partition coefficient (Wildman–Crippen LogP) is 3.36. The van der Waals surface area contributed by atoms with Gasteiger partial charge in [-0.15, -0.1) is 0 Å². The van der Waals surface area contributed by atoms with Crippen molar-refractivity contribution in [2.75, 3.05) is 7.11 Å². The van der Waals surface area contributed by atoms with Gasteiger partial charge >= 0.3 is 0 Å². The Morgan fingerprint density at radius 1 is 1.45 bits per heavy atom. The molecule has 0 fully saturated rings. The zero-order valence-electron chi connectivity index (χ0n) is 12.0. The summed E-state index contributed by atoms with van der Waals surface area (Å²) in [5, 5.41) is 3.45. The number of nitrogens with one attached hydrogen (secondary N) is 2. The fraction of sp³-hybridized carbons (Fsp3) is 0.400. The van der Waals surface area contributed by atoms with Gasteiger partial charge in [0.05, 0.1) is 13.2 Å². The number of halogens is 1. The molecule has 4 nitrogen and oxygen atoms in total. The lowest BCUT2D eigenvalue weighted by Gasteiger charge is -2.21. The Morgan fingerprint density at radius 3 is 2.80 bits per heavy atom. The van der Waals surface area contributed by atoms with Crippen LogP contribution >= 0.6 is 0 Å². The predicted molar refractivity (Wildman–Crippen MR) is 76.1 cm³/mol. The molecule has 0 bridgehead atoms. The first-order valence-electron chi connectivity index (χ1n) is 6.74. The monoisotopic (exact) mass is 277 g/mol. The molecule has 1 aromatic heterocycles. The number of imidazole rings is 1. The molecule has 0 saturated heterocycles. The summed E-state index contributed by atoms with van der Waals surface area (Å²) in [5.74, 6) is 0.817. The second kappa shape index (κ2) is 6.52. The third-order valence-electron chi connectivity index (χ3n) is 3.38. The quantitative estimate of drug-likeness (QED) is 0.851. The summed E-state index contributed by atoms with van der Waals surface area (Å²) in [6.45, 7) is 4.09. The van der Waals surface area contributed by atoms with Crippen LogP contribution in [0.5, 0.6) is 5.75 Å². The number of H-pyrrole nitrogens is 1. The third-order valence-corrected chi connectivity index (χ3v) is 3.38. The zero-order valence-corrected chi connectivity index (χ0v) is 12.0. The van der Waals surface area contributed by atoms with Crippen molar-refractivity contribution in [3.05, 3.63) is 47.8 Å². The van der Waals surface area contributed by atoms with Gasteiger partial charge < -0.3 is 15.0 Å². The average molecular weight is 277 g/mol. The Kier molecular flexibility index (Phi) is 4.74. The van der Waals surface area contributed by atoms with Crippen LogP contribution in [0, 0.1) is 5.82 Å². The second-order valence-electron chi connectivity index (χ2n) is 4.72. The molecule has 20 heavy (non-hydrogen) atoms. The van der Waals surface area contributed by atoms with Crippen LogP contribution in [0.3, 0.4) is 0 Å². The Bertz CT molecular complexity index is 542. The molecule has 2 unspecified atom stereocenters. The van der Waals surface area contributed by atoms with Crippen molar-refractivity contribution in [2.45, 2.75) is 32.4 Å². The van der Waals surface area contributed by atoms with E-state index in [2.05, 4.69) is 22.2 Å². The molecule has 0 spiro atoms. The van der Waals surface area contributed by atoms with E-state index in [0.717, 1.165) is 17.8 Å². The van der Waals surface area contributed by atoms with Crippen LogP contribution in [-0.2, 0) is 0 Å². The van der Waals surface area contributed by atoms with Crippen LogP contribution < -0.4 is 10.1 Å². The number of methoxy groups -OCH3 is 1. The summed E-state index contributed by atoms with van der Waals surface area (Å²) in [4.78, 5) is 7.37. The van der Waals surface area contributed by atoms with E-state index in [4.69, 9.17) is 4.74 Å². The van der Waals surface area contributed by atoms with Gasteiger partial charge in [0.25, 0.3) is 0 Å². The van der Waals surface area contributed by atoms with Gasteiger partial charge in [0.2, 0.25) is 0 Å². The van der Waals surface area contributed by atoms with Crippen LogP contribution in [0.25, 0.3) is 0 Å². The Labute approximate surface area is 118 Å². The first kappa shape index (κ1) is 14.5. The molecule has 0 saturated carbocycles. The molecule has 2 atom stereocenters. The van der Waals surface area contributed by atoms with Crippen LogP contribution in [0.4, 0.5) is 4.39 Å². The first-order chi connectivity index (χ1) is 9.65. The number of aromatic amines is 1. The minimum Gasteiger partial charge on any atom is -0.494 e. The van der Waals surface area contributed by atoms with Crippen molar-refractivity contribution >= 4 is 0 Å². The number of hydrogen-bond acceptors (Lipinski definition) is 3. The zero-order chi connectivity index (χ0) is 14.5. The van der Waals surface area contributed by atoms with Crippen LogP contribution in [0.1, 0.15) is 43.7 Å². The minimum atomic E-state index is -0.343. The van der Waals surface area contributed by atoms with Crippen molar-refractivity contribution < 1.29 is 9.13 Å². The Hall–Kier alpha value is -1.88. The molecular weight excluding hydrogens is 257 g/mol. The highest BCUT2D eigenvalue weighted by atomic mass is 19.1. The Balaban J connectivity index is 2.11. The highest BCUT2D eigenvalue weighted by Gasteiger charge is 2.16.